The van der Waals surface area contributed by atoms with Crippen molar-refractivity contribution >= 4 is 9.84 Å². The minimum Gasteiger partial charge on any atom is -0.286 e. The third kappa shape index (κ3) is 1.98. The Morgan fingerprint density at radius 3 is 2.42 bits per heavy atom. The zero-order valence-corrected chi connectivity index (χ0v) is 8.76. The predicted octanol–water partition coefficient (Wildman–Crippen LogP) is 0.719. The minimum absolute atomic E-state index is 0.236. The van der Waals surface area contributed by atoms with Crippen molar-refractivity contribution < 1.29 is 8.42 Å². The van der Waals surface area contributed by atoms with E-state index in [1.807, 2.05) is 11.8 Å². The molecule has 4 heteroatoms. The quantitative estimate of drug-likeness (QED) is 0.645. The highest BCUT2D eigenvalue weighted by atomic mass is 32.2. The normalized spacial score (nSPS) is 29.8. The number of hydrogen-bond acceptors (Lipinski definition) is 3. The molecule has 0 unspecified atom stereocenters. The average Bonchev–Trinajstić information content (AvgIpc) is 2.25. The smallest absolute Gasteiger partial charge is 0.164 e. The van der Waals surface area contributed by atoms with E-state index < -0.39 is 9.84 Å². The molecular weight excluding hydrogens is 174 g/mol. The van der Waals surface area contributed by atoms with Gasteiger partial charge in [0, 0.05) is 6.04 Å². The standard InChI is InChI=1S/C8H17NO2S/c1-4-9-6-12(10,11)5-8(9)7(2)3/h7-8H,4-6H2,1-3H3/t8-/m1/s1. The molecule has 0 spiro atoms. The lowest BCUT2D eigenvalue weighted by atomic mass is 10.1. The van der Waals surface area contributed by atoms with Crippen LogP contribution in [0.25, 0.3) is 0 Å². The average molecular weight is 191 g/mol. The molecule has 0 aliphatic carbocycles. The highest BCUT2D eigenvalue weighted by Crippen LogP contribution is 2.20. The SMILES string of the molecule is CCN1CS(=O)(=O)C[C@@H]1C(C)C. The van der Waals surface area contributed by atoms with Gasteiger partial charge >= 0.3 is 0 Å². The van der Waals surface area contributed by atoms with Crippen LogP contribution >= 0.6 is 0 Å². The molecule has 1 aliphatic rings. The predicted molar refractivity (Wildman–Crippen MR) is 49.7 cm³/mol. The second-order valence-electron chi connectivity index (χ2n) is 3.76. The van der Waals surface area contributed by atoms with Crippen LogP contribution in [0.2, 0.25) is 0 Å². The Hall–Kier alpha value is -0.0900. The molecular formula is C8H17NO2S. The van der Waals surface area contributed by atoms with Crippen LogP contribution in [0.1, 0.15) is 20.8 Å². The van der Waals surface area contributed by atoms with Crippen LogP contribution in [-0.4, -0.2) is 37.5 Å². The van der Waals surface area contributed by atoms with Crippen LogP contribution in [0.15, 0.2) is 0 Å². The van der Waals surface area contributed by atoms with Gasteiger partial charge in [0.25, 0.3) is 0 Å². The van der Waals surface area contributed by atoms with Crippen LogP contribution in [0.4, 0.5) is 0 Å². The Kier molecular flexibility index (Phi) is 2.78. The summed E-state index contributed by atoms with van der Waals surface area (Å²) in [5, 5.41) is 0. The zero-order chi connectivity index (χ0) is 9.35. The number of sulfone groups is 1. The second-order valence-corrected chi connectivity index (χ2v) is 5.83. The van der Waals surface area contributed by atoms with Gasteiger partial charge in [-0.3, -0.25) is 4.90 Å². The van der Waals surface area contributed by atoms with E-state index in [1.54, 1.807) is 0 Å². The number of hydrogen-bond donors (Lipinski definition) is 0. The summed E-state index contributed by atoms with van der Waals surface area (Å²) < 4.78 is 22.5. The van der Waals surface area contributed by atoms with Crippen LogP contribution in [0.3, 0.4) is 0 Å². The fraction of sp³-hybridized carbons (Fsp3) is 1.00. The zero-order valence-electron chi connectivity index (χ0n) is 7.95. The summed E-state index contributed by atoms with van der Waals surface area (Å²) in [6, 6.07) is 0.236. The van der Waals surface area contributed by atoms with E-state index in [2.05, 4.69) is 13.8 Å². The van der Waals surface area contributed by atoms with Gasteiger partial charge in [-0.05, 0) is 12.5 Å². The monoisotopic (exact) mass is 191 g/mol. The molecule has 1 atom stereocenters. The summed E-state index contributed by atoms with van der Waals surface area (Å²) in [5.41, 5.74) is 0. The molecule has 0 saturated carbocycles. The van der Waals surface area contributed by atoms with Crippen molar-refractivity contribution in [1.29, 1.82) is 0 Å². The summed E-state index contributed by atoms with van der Waals surface area (Å²) in [6.45, 7) is 7.00. The summed E-state index contributed by atoms with van der Waals surface area (Å²) >= 11 is 0. The highest BCUT2D eigenvalue weighted by Gasteiger charge is 2.35. The number of nitrogens with zero attached hydrogens (tertiary/aromatic N) is 1. The topological polar surface area (TPSA) is 37.4 Å². The van der Waals surface area contributed by atoms with Gasteiger partial charge < -0.3 is 0 Å². The lowest BCUT2D eigenvalue weighted by molar-refractivity contribution is 0.227. The fourth-order valence-corrected chi connectivity index (χ4v) is 3.81. The molecule has 0 aromatic carbocycles. The first-order valence-electron chi connectivity index (χ1n) is 4.40. The molecule has 1 aliphatic heterocycles. The largest absolute Gasteiger partial charge is 0.286 e. The Bertz CT molecular complexity index is 246. The van der Waals surface area contributed by atoms with Gasteiger partial charge in [0.1, 0.15) is 5.88 Å². The van der Waals surface area contributed by atoms with Crippen molar-refractivity contribution in [3.63, 3.8) is 0 Å². The Labute approximate surface area is 74.7 Å². The van der Waals surface area contributed by atoms with Crippen LogP contribution < -0.4 is 0 Å². The lowest BCUT2D eigenvalue weighted by Gasteiger charge is -2.23. The minimum atomic E-state index is -2.78. The van der Waals surface area contributed by atoms with Gasteiger partial charge in [0.05, 0.1) is 5.75 Å². The summed E-state index contributed by atoms with van der Waals surface area (Å²) in [7, 11) is -2.78. The molecule has 72 valence electrons. The maximum atomic E-state index is 11.3. The van der Waals surface area contributed by atoms with Crippen molar-refractivity contribution in [1.82, 2.24) is 4.90 Å². The molecule has 1 saturated heterocycles. The molecule has 0 N–H and O–H groups in total. The van der Waals surface area contributed by atoms with Gasteiger partial charge in [-0.2, -0.15) is 0 Å². The Balaban J connectivity index is 2.76. The van der Waals surface area contributed by atoms with E-state index in [0.29, 0.717) is 11.7 Å². The first-order chi connectivity index (χ1) is 5.46. The van der Waals surface area contributed by atoms with Gasteiger partial charge in [-0.15, -0.1) is 0 Å². The molecule has 3 nitrogen and oxygen atoms in total. The van der Waals surface area contributed by atoms with Crippen LogP contribution in [0.5, 0.6) is 0 Å². The van der Waals surface area contributed by atoms with Crippen molar-refractivity contribution in [2.24, 2.45) is 5.92 Å². The van der Waals surface area contributed by atoms with Gasteiger partial charge in [-0.1, -0.05) is 20.8 Å². The third-order valence-electron chi connectivity index (χ3n) is 2.43. The molecule has 0 aromatic rings. The van der Waals surface area contributed by atoms with E-state index in [-0.39, 0.29) is 11.9 Å². The van der Waals surface area contributed by atoms with E-state index in [9.17, 15) is 8.42 Å². The van der Waals surface area contributed by atoms with E-state index in [1.165, 1.54) is 0 Å². The Morgan fingerprint density at radius 1 is 1.50 bits per heavy atom. The molecule has 0 amide bonds. The highest BCUT2D eigenvalue weighted by molar-refractivity contribution is 7.91. The van der Waals surface area contributed by atoms with Crippen LogP contribution in [-0.2, 0) is 9.84 Å². The maximum absolute atomic E-state index is 11.3. The van der Waals surface area contributed by atoms with Gasteiger partial charge in [-0.25, -0.2) is 8.42 Å². The van der Waals surface area contributed by atoms with Crippen molar-refractivity contribution in [3.05, 3.63) is 0 Å². The molecule has 0 radical (unpaired) electrons. The van der Waals surface area contributed by atoms with Gasteiger partial charge in [0.2, 0.25) is 0 Å². The van der Waals surface area contributed by atoms with Gasteiger partial charge in [0.15, 0.2) is 9.84 Å². The number of rotatable bonds is 2. The Morgan fingerprint density at radius 2 is 2.08 bits per heavy atom. The van der Waals surface area contributed by atoms with Crippen molar-refractivity contribution in [2.75, 3.05) is 18.2 Å². The molecule has 12 heavy (non-hydrogen) atoms. The summed E-state index contributed by atoms with van der Waals surface area (Å²) in [5.74, 6) is 1.03. The first kappa shape index (κ1) is 9.99. The van der Waals surface area contributed by atoms with E-state index in [0.717, 1.165) is 6.54 Å². The molecule has 1 heterocycles. The summed E-state index contributed by atoms with van der Waals surface area (Å²) in [4.78, 5) is 2.04. The van der Waals surface area contributed by atoms with Crippen molar-refractivity contribution in [3.8, 4) is 0 Å². The van der Waals surface area contributed by atoms with E-state index in [4.69, 9.17) is 0 Å². The molecule has 0 aromatic heterocycles. The third-order valence-corrected chi connectivity index (χ3v) is 4.01. The van der Waals surface area contributed by atoms with Crippen LogP contribution in [0, 0.1) is 5.92 Å². The molecule has 1 rings (SSSR count). The summed E-state index contributed by atoms with van der Waals surface area (Å²) in [6.07, 6.45) is 0. The van der Waals surface area contributed by atoms with E-state index >= 15 is 0 Å². The molecule has 1 fully saturated rings. The lowest BCUT2D eigenvalue weighted by Crippen LogP contribution is -2.34. The maximum Gasteiger partial charge on any atom is 0.164 e. The second kappa shape index (κ2) is 3.34. The fourth-order valence-electron chi connectivity index (χ4n) is 1.71. The van der Waals surface area contributed by atoms with Crippen molar-refractivity contribution in [2.45, 2.75) is 26.8 Å². The molecule has 0 bridgehead atoms. The first-order valence-corrected chi connectivity index (χ1v) is 6.23.